The van der Waals surface area contributed by atoms with Crippen LogP contribution < -0.4 is 5.46 Å². The standard InChI is InChI=1S/C44H28.C26H19BO2.C18H11Br/c1-2-12-29(13-3-1)30-22-25-32(26-23-30)42-37-18-8-10-20-39(37)44(40-21-11-9-19-38(40)42)41-28-33-27-24-31-14-4-5-15-34(31)43(33)36-17-7-6-16-35(36)41;28-27(29)26-23-12-6-4-10-21(23)25(22-11-5-7-13-24(22)26)20-16-14-19(15-17-20)18-8-2-1-3-9-18;19-17-11-13-10-9-12-5-1-2-6-14(12)18(13)16-8-4-3-7-15(16)17/h1-28H;1-17,28-29H;1-11H. The first kappa shape index (κ1) is 56.3. The zero-order chi connectivity index (χ0) is 61.7. The Morgan fingerprint density at radius 2 is 0.489 bits per heavy atom. The summed E-state index contributed by atoms with van der Waals surface area (Å²) >= 11 is 3.68. The monoisotopic (exact) mass is 1240 g/mol. The third-order valence-electron chi connectivity index (χ3n) is 18.4. The highest BCUT2D eigenvalue weighted by Crippen LogP contribution is 2.48. The van der Waals surface area contributed by atoms with Crippen LogP contribution in [-0.2, 0) is 0 Å². The third-order valence-corrected chi connectivity index (χ3v) is 19.1. The zero-order valence-electron chi connectivity index (χ0n) is 50.2. The number of hydrogen-bond donors (Lipinski definition) is 2. The molecule has 2 N–H and O–H groups in total. The second kappa shape index (κ2) is 24.1. The molecule has 4 heteroatoms. The van der Waals surface area contributed by atoms with E-state index < -0.39 is 7.12 Å². The lowest BCUT2D eigenvalue weighted by molar-refractivity contribution is 0.426. The molecule has 2 nitrogen and oxygen atoms in total. The summed E-state index contributed by atoms with van der Waals surface area (Å²) in [6, 6.07) is 121. The number of benzene rings is 18. The summed E-state index contributed by atoms with van der Waals surface area (Å²) in [6.45, 7) is 0. The van der Waals surface area contributed by atoms with Crippen molar-refractivity contribution in [3.05, 3.63) is 344 Å². The fourth-order valence-corrected chi connectivity index (χ4v) is 14.9. The van der Waals surface area contributed by atoms with Crippen LogP contribution in [0.3, 0.4) is 0 Å². The Morgan fingerprint density at radius 1 is 0.207 bits per heavy atom. The van der Waals surface area contributed by atoms with Crippen LogP contribution in [0.25, 0.3) is 163 Å². The molecule has 0 unspecified atom stereocenters. The molecular formula is C88H58BBrO2. The van der Waals surface area contributed by atoms with Crippen molar-refractivity contribution < 1.29 is 10.0 Å². The molecule has 92 heavy (non-hydrogen) atoms. The van der Waals surface area contributed by atoms with Crippen LogP contribution in [0.15, 0.2) is 344 Å². The molecule has 18 rings (SSSR count). The maximum Gasteiger partial charge on any atom is 0.489 e. The average molecular weight is 1240 g/mol. The molecule has 0 saturated carbocycles. The van der Waals surface area contributed by atoms with Gasteiger partial charge in [-0.1, -0.05) is 344 Å². The molecule has 0 bridgehead atoms. The second-order valence-electron chi connectivity index (χ2n) is 23.6. The van der Waals surface area contributed by atoms with Crippen molar-refractivity contribution in [2.24, 2.45) is 0 Å². The van der Waals surface area contributed by atoms with Crippen LogP contribution in [0.1, 0.15) is 0 Å². The van der Waals surface area contributed by atoms with Gasteiger partial charge in [-0.05, 0) is 181 Å². The van der Waals surface area contributed by atoms with Gasteiger partial charge < -0.3 is 10.0 Å². The highest BCUT2D eigenvalue weighted by Gasteiger charge is 2.23. The molecule has 0 heterocycles. The van der Waals surface area contributed by atoms with Crippen molar-refractivity contribution in [3.8, 4) is 55.6 Å². The van der Waals surface area contributed by atoms with Gasteiger partial charge in [-0.25, -0.2) is 0 Å². The summed E-state index contributed by atoms with van der Waals surface area (Å²) in [5, 5.41) is 44.6. The van der Waals surface area contributed by atoms with Gasteiger partial charge >= 0.3 is 7.12 Å². The number of fused-ring (bicyclic) bond motifs is 14. The van der Waals surface area contributed by atoms with Crippen LogP contribution in [0, 0.1) is 0 Å². The van der Waals surface area contributed by atoms with E-state index >= 15 is 0 Å². The number of halogens is 1. The van der Waals surface area contributed by atoms with Crippen LogP contribution in [0.4, 0.5) is 0 Å². The van der Waals surface area contributed by atoms with E-state index in [2.05, 4.69) is 289 Å². The molecule has 0 atom stereocenters. The normalized spacial score (nSPS) is 11.4. The van der Waals surface area contributed by atoms with E-state index in [1.54, 1.807) is 0 Å². The van der Waals surface area contributed by atoms with Crippen LogP contribution in [-0.4, -0.2) is 17.2 Å². The Morgan fingerprint density at radius 3 is 0.913 bits per heavy atom. The van der Waals surface area contributed by atoms with Crippen molar-refractivity contribution in [2.75, 3.05) is 0 Å². The largest absolute Gasteiger partial charge is 0.489 e. The fraction of sp³-hybridized carbons (Fsp3) is 0. The van der Waals surface area contributed by atoms with Gasteiger partial charge in [0.25, 0.3) is 0 Å². The number of hydrogen-bond acceptors (Lipinski definition) is 2. The Balaban J connectivity index is 0.000000120. The van der Waals surface area contributed by atoms with E-state index in [9.17, 15) is 10.0 Å². The summed E-state index contributed by atoms with van der Waals surface area (Å²) in [5.74, 6) is 0. The first-order valence-corrected chi connectivity index (χ1v) is 32.1. The predicted molar refractivity (Wildman–Crippen MR) is 399 cm³/mol. The van der Waals surface area contributed by atoms with Crippen molar-refractivity contribution in [1.82, 2.24) is 0 Å². The highest BCUT2D eigenvalue weighted by molar-refractivity contribution is 9.10. The van der Waals surface area contributed by atoms with Gasteiger partial charge in [-0.2, -0.15) is 0 Å². The first-order chi connectivity index (χ1) is 45.4. The van der Waals surface area contributed by atoms with Gasteiger partial charge in [-0.3, -0.25) is 0 Å². The van der Waals surface area contributed by atoms with Gasteiger partial charge in [0, 0.05) is 4.47 Å². The summed E-state index contributed by atoms with van der Waals surface area (Å²) in [5.41, 5.74) is 12.7. The lowest BCUT2D eigenvalue weighted by Gasteiger charge is -2.20. The molecule has 0 aliphatic rings. The quantitative estimate of drug-likeness (QED) is 0.0990. The SMILES string of the molecule is Brc1cc2ccc3ccccc3c2c2ccccc12.OB(O)c1c2ccccc2c(-c2ccc(-c3ccccc3)cc2)c2ccccc12.c1ccc(-c2ccc(-c3c4ccccc4c(-c4cc5ccc6ccccc6c5c5ccccc45)c4ccccc34)cc2)cc1. The predicted octanol–water partition coefficient (Wildman–Crippen LogP) is 23.4. The molecule has 0 aliphatic heterocycles. The van der Waals surface area contributed by atoms with Crippen molar-refractivity contribution in [3.63, 3.8) is 0 Å². The Labute approximate surface area is 542 Å². The molecular weight excluding hydrogens is 1180 g/mol. The molecule has 0 fully saturated rings. The topological polar surface area (TPSA) is 40.5 Å². The molecule has 0 radical (unpaired) electrons. The van der Waals surface area contributed by atoms with E-state index in [0.29, 0.717) is 5.46 Å². The van der Waals surface area contributed by atoms with E-state index in [0.717, 1.165) is 37.1 Å². The van der Waals surface area contributed by atoms with Gasteiger partial charge in [0.2, 0.25) is 0 Å². The summed E-state index contributed by atoms with van der Waals surface area (Å²) in [6.07, 6.45) is 0. The van der Waals surface area contributed by atoms with Gasteiger partial charge in [-0.15, -0.1) is 0 Å². The molecule has 0 aromatic heterocycles. The summed E-state index contributed by atoms with van der Waals surface area (Å²) in [4.78, 5) is 0. The Bertz CT molecular complexity index is 5730. The third kappa shape index (κ3) is 10.0. The Hall–Kier alpha value is -11.0. The van der Waals surface area contributed by atoms with Crippen molar-refractivity contribution in [1.29, 1.82) is 0 Å². The average Bonchev–Trinajstić information content (AvgIpc) is 0.757. The molecule has 432 valence electrons. The van der Waals surface area contributed by atoms with Crippen molar-refractivity contribution in [2.45, 2.75) is 0 Å². The van der Waals surface area contributed by atoms with Crippen LogP contribution >= 0.6 is 15.9 Å². The lowest BCUT2D eigenvalue weighted by Crippen LogP contribution is -2.31. The minimum Gasteiger partial charge on any atom is -0.423 e. The van der Waals surface area contributed by atoms with Crippen molar-refractivity contribution >= 4 is 136 Å². The smallest absolute Gasteiger partial charge is 0.423 e. The Kier molecular flexibility index (Phi) is 14.7. The fourth-order valence-electron chi connectivity index (χ4n) is 14.3. The van der Waals surface area contributed by atoms with Crippen LogP contribution in [0.2, 0.25) is 0 Å². The van der Waals surface area contributed by atoms with E-state index in [1.165, 1.54) is 131 Å². The molecule has 0 aliphatic carbocycles. The zero-order valence-corrected chi connectivity index (χ0v) is 51.8. The maximum absolute atomic E-state index is 10.1. The maximum atomic E-state index is 10.1. The molecule has 0 amide bonds. The number of rotatable bonds is 6. The van der Waals surface area contributed by atoms with Gasteiger partial charge in [0.05, 0.1) is 0 Å². The summed E-state index contributed by atoms with van der Waals surface area (Å²) in [7, 11) is -1.53. The minimum atomic E-state index is -1.53. The summed E-state index contributed by atoms with van der Waals surface area (Å²) < 4.78 is 1.16. The van der Waals surface area contributed by atoms with E-state index in [4.69, 9.17) is 0 Å². The van der Waals surface area contributed by atoms with E-state index in [1.807, 2.05) is 66.7 Å². The highest BCUT2D eigenvalue weighted by atomic mass is 79.9. The second-order valence-corrected chi connectivity index (χ2v) is 24.5. The van der Waals surface area contributed by atoms with Gasteiger partial charge in [0.1, 0.15) is 0 Å². The molecule has 18 aromatic rings. The minimum absolute atomic E-state index is 0.556. The molecule has 0 spiro atoms. The van der Waals surface area contributed by atoms with Gasteiger partial charge in [0.15, 0.2) is 0 Å². The lowest BCUT2D eigenvalue weighted by atomic mass is 9.72. The molecule has 0 saturated heterocycles. The van der Waals surface area contributed by atoms with E-state index in [-0.39, 0.29) is 0 Å². The first-order valence-electron chi connectivity index (χ1n) is 31.3. The molecule has 18 aromatic carbocycles. The van der Waals surface area contributed by atoms with Crippen LogP contribution in [0.5, 0.6) is 0 Å².